The van der Waals surface area contributed by atoms with Crippen LogP contribution in [0.5, 0.6) is 0 Å². The molecule has 100 valence electrons. The molecule has 2 saturated carbocycles. The maximum Gasteiger partial charge on any atom is 0.310 e. The Morgan fingerprint density at radius 1 is 1.50 bits per heavy atom. The number of carboxylic acid groups (broad SMARTS) is 1. The number of ketones is 1. The quantitative estimate of drug-likeness (QED) is 0.783. The van der Waals surface area contributed by atoms with Gasteiger partial charge in [0.05, 0.1) is 5.92 Å². The Morgan fingerprint density at radius 3 is 2.50 bits per heavy atom. The Labute approximate surface area is 108 Å². The Hall–Kier alpha value is -1.12. The summed E-state index contributed by atoms with van der Waals surface area (Å²) < 4.78 is 0. The lowest BCUT2D eigenvalue weighted by atomic mass is 9.70. The van der Waals surface area contributed by atoms with Crippen LogP contribution >= 0.6 is 0 Å². The van der Waals surface area contributed by atoms with Crippen LogP contribution in [0.2, 0.25) is 0 Å². The van der Waals surface area contributed by atoms with Gasteiger partial charge in [-0.1, -0.05) is 33.8 Å². The minimum absolute atomic E-state index is 0.0350. The van der Waals surface area contributed by atoms with Crippen molar-refractivity contribution in [2.24, 2.45) is 22.7 Å². The number of hydrogen-bond donors (Lipinski definition) is 1. The average molecular weight is 250 g/mol. The zero-order chi connectivity index (χ0) is 13.7. The Morgan fingerprint density at radius 2 is 2.11 bits per heavy atom. The van der Waals surface area contributed by atoms with Gasteiger partial charge in [-0.15, -0.1) is 0 Å². The van der Waals surface area contributed by atoms with E-state index in [4.69, 9.17) is 5.11 Å². The molecule has 0 amide bonds. The summed E-state index contributed by atoms with van der Waals surface area (Å²) in [5, 5.41) is 9.13. The van der Waals surface area contributed by atoms with Gasteiger partial charge in [-0.3, -0.25) is 9.59 Å². The highest BCUT2D eigenvalue weighted by molar-refractivity contribution is 6.05. The van der Waals surface area contributed by atoms with Crippen molar-refractivity contribution >= 4 is 11.8 Å². The van der Waals surface area contributed by atoms with Crippen molar-refractivity contribution in [2.45, 2.75) is 47.0 Å². The summed E-state index contributed by atoms with van der Waals surface area (Å²) in [6.45, 7) is 8.18. The molecule has 0 aromatic carbocycles. The van der Waals surface area contributed by atoms with E-state index in [2.05, 4.69) is 13.8 Å². The van der Waals surface area contributed by atoms with Gasteiger partial charge in [0, 0.05) is 5.41 Å². The van der Waals surface area contributed by atoms with E-state index in [1.807, 2.05) is 13.8 Å². The summed E-state index contributed by atoms with van der Waals surface area (Å²) in [5.74, 6) is -0.932. The molecule has 3 atom stereocenters. The molecule has 0 radical (unpaired) electrons. The third-order valence-electron chi connectivity index (χ3n) is 5.50. The van der Waals surface area contributed by atoms with Crippen molar-refractivity contribution in [1.29, 1.82) is 0 Å². The molecule has 0 aromatic rings. The highest BCUT2D eigenvalue weighted by Crippen LogP contribution is 2.65. The fourth-order valence-electron chi connectivity index (χ4n) is 3.70. The van der Waals surface area contributed by atoms with Crippen LogP contribution in [-0.2, 0) is 9.59 Å². The lowest BCUT2D eigenvalue weighted by molar-refractivity contribution is -0.140. The first-order valence-corrected chi connectivity index (χ1v) is 6.75. The maximum absolute atomic E-state index is 12.5. The first-order valence-electron chi connectivity index (χ1n) is 6.75. The van der Waals surface area contributed by atoms with Gasteiger partial charge in [0.25, 0.3) is 0 Å². The lowest BCUT2D eigenvalue weighted by Gasteiger charge is -2.31. The first kappa shape index (κ1) is 13.3. The van der Waals surface area contributed by atoms with Crippen LogP contribution < -0.4 is 0 Å². The highest BCUT2D eigenvalue weighted by atomic mass is 16.4. The molecule has 0 saturated heterocycles. The second-order valence-corrected chi connectivity index (χ2v) is 6.45. The molecule has 2 fully saturated rings. The Balaban J connectivity index is 2.41. The van der Waals surface area contributed by atoms with Crippen molar-refractivity contribution in [1.82, 2.24) is 0 Å². The fourth-order valence-corrected chi connectivity index (χ4v) is 3.70. The maximum atomic E-state index is 12.5. The minimum Gasteiger partial charge on any atom is -0.481 e. The van der Waals surface area contributed by atoms with E-state index < -0.39 is 11.9 Å². The van der Waals surface area contributed by atoms with E-state index in [1.54, 1.807) is 6.08 Å². The molecule has 3 nitrogen and oxygen atoms in total. The Bertz CT molecular complexity index is 433. The molecule has 2 aliphatic rings. The van der Waals surface area contributed by atoms with Gasteiger partial charge in [-0.05, 0) is 36.2 Å². The number of rotatable bonds is 3. The largest absolute Gasteiger partial charge is 0.481 e. The number of aliphatic carboxylic acids is 1. The number of hydrogen-bond acceptors (Lipinski definition) is 2. The molecule has 0 aromatic heterocycles. The zero-order valence-electron chi connectivity index (χ0n) is 11.6. The molecule has 1 N–H and O–H groups in total. The third-order valence-corrected chi connectivity index (χ3v) is 5.50. The molecule has 0 aliphatic heterocycles. The summed E-state index contributed by atoms with van der Waals surface area (Å²) in [4.78, 5) is 23.6. The number of fused-ring (bicyclic) bond motifs is 2. The minimum atomic E-state index is -0.830. The summed E-state index contributed by atoms with van der Waals surface area (Å²) in [7, 11) is 0. The number of carbonyl (C=O) groups excluding carboxylic acids is 1. The fraction of sp³-hybridized carbons (Fsp3) is 0.733. The van der Waals surface area contributed by atoms with Gasteiger partial charge in [0.15, 0.2) is 5.78 Å². The molecule has 2 rings (SSSR count). The van der Waals surface area contributed by atoms with Gasteiger partial charge < -0.3 is 5.11 Å². The monoisotopic (exact) mass is 250 g/mol. The van der Waals surface area contributed by atoms with Crippen molar-refractivity contribution in [2.75, 3.05) is 0 Å². The number of carboxylic acids is 1. The third kappa shape index (κ3) is 1.49. The van der Waals surface area contributed by atoms with Crippen LogP contribution in [0.1, 0.15) is 47.0 Å². The van der Waals surface area contributed by atoms with Gasteiger partial charge in [-0.2, -0.15) is 0 Å². The molecular formula is C15H22O3. The molecule has 2 aliphatic carbocycles. The molecule has 0 spiro atoms. The molecular weight excluding hydrogens is 228 g/mol. The van der Waals surface area contributed by atoms with E-state index in [0.29, 0.717) is 6.42 Å². The predicted molar refractivity (Wildman–Crippen MR) is 69.1 cm³/mol. The second kappa shape index (κ2) is 3.94. The SMILES string of the molecule is CC[C@@H](/C=C1\C(=O)[C@]2(C)CC[C@@H]1C2(C)C)C(=O)O. The van der Waals surface area contributed by atoms with E-state index >= 15 is 0 Å². The van der Waals surface area contributed by atoms with Gasteiger partial charge in [0.2, 0.25) is 0 Å². The van der Waals surface area contributed by atoms with Gasteiger partial charge >= 0.3 is 5.97 Å². The summed E-state index contributed by atoms with van der Waals surface area (Å²) in [6, 6.07) is 0. The second-order valence-electron chi connectivity index (χ2n) is 6.45. The van der Waals surface area contributed by atoms with E-state index in [0.717, 1.165) is 18.4 Å². The van der Waals surface area contributed by atoms with E-state index in [9.17, 15) is 9.59 Å². The summed E-state index contributed by atoms with van der Waals surface area (Å²) >= 11 is 0. The molecule has 0 heterocycles. The summed E-state index contributed by atoms with van der Waals surface area (Å²) in [5.41, 5.74) is 0.454. The lowest BCUT2D eigenvalue weighted by Crippen LogP contribution is -2.32. The van der Waals surface area contributed by atoms with E-state index in [-0.39, 0.29) is 22.5 Å². The molecule has 0 unspecified atom stereocenters. The van der Waals surface area contributed by atoms with Crippen LogP contribution in [0.15, 0.2) is 11.6 Å². The zero-order valence-corrected chi connectivity index (χ0v) is 11.6. The van der Waals surface area contributed by atoms with Crippen LogP contribution in [-0.4, -0.2) is 16.9 Å². The van der Waals surface area contributed by atoms with Crippen molar-refractivity contribution < 1.29 is 14.7 Å². The highest BCUT2D eigenvalue weighted by Gasteiger charge is 2.63. The topological polar surface area (TPSA) is 54.4 Å². The normalized spacial score (nSPS) is 37.2. The van der Waals surface area contributed by atoms with Crippen LogP contribution in [0.25, 0.3) is 0 Å². The number of carbonyl (C=O) groups is 2. The van der Waals surface area contributed by atoms with Crippen molar-refractivity contribution in [3.05, 3.63) is 11.6 Å². The number of Topliss-reactive ketones (excluding diaryl/α,β-unsaturated/α-hetero) is 1. The summed E-state index contributed by atoms with van der Waals surface area (Å²) in [6.07, 6.45) is 4.21. The van der Waals surface area contributed by atoms with Crippen LogP contribution in [0, 0.1) is 22.7 Å². The van der Waals surface area contributed by atoms with Gasteiger partial charge in [0.1, 0.15) is 0 Å². The first-order chi connectivity index (χ1) is 8.25. The average Bonchev–Trinajstić information content (AvgIpc) is 2.59. The standard InChI is InChI=1S/C15H22O3/c1-5-9(13(17)18)8-10-11-6-7-15(4,12(10)16)14(11,2)3/h8-9,11H,5-7H2,1-4H3,(H,17,18)/b10-8-/t9-,11-,15-/m0/s1. The smallest absolute Gasteiger partial charge is 0.310 e. The number of allylic oxidation sites excluding steroid dienone is 1. The van der Waals surface area contributed by atoms with Crippen LogP contribution in [0.4, 0.5) is 0 Å². The molecule has 2 bridgehead atoms. The predicted octanol–water partition coefficient (Wildman–Crippen LogP) is 3.05. The van der Waals surface area contributed by atoms with Gasteiger partial charge in [-0.25, -0.2) is 0 Å². The van der Waals surface area contributed by atoms with Crippen molar-refractivity contribution in [3.8, 4) is 0 Å². The molecule has 3 heteroatoms. The molecule has 18 heavy (non-hydrogen) atoms. The van der Waals surface area contributed by atoms with E-state index in [1.165, 1.54) is 0 Å². The Kier molecular flexibility index (Phi) is 2.91. The van der Waals surface area contributed by atoms with Crippen molar-refractivity contribution in [3.63, 3.8) is 0 Å². The van der Waals surface area contributed by atoms with Crippen LogP contribution in [0.3, 0.4) is 0 Å².